The van der Waals surface area contributed by atoms with Crippen molar-refractivity contribution in [2.75, 3.05) is 19.8 Å². The average Bonchev–Trinajstić information content (AvgIpc) is 1.06. The molecule has 91 heavy (non-hydrogen) atoms. The van der Waals surface area contributed by atoms with Gasteiger partial charge in [-0.1, -0.05) is 325 Å². The molecule has 0 aromatic rings. The highest BCUT2D eigenvalue weighted by Crippen LogP contribution is 2.30. The number of carbonyl (C=O) groups is 1. The van der Waals surface area contributed by atoms with Crippen molar-refractivity contribution in [1.82, 2.24) is 5.32 Å². The minimum Gasteiger partial charge on any atom is -0.394 e. The molecule has 0 aromatic heterocycles. The van der Waals surface area contributed by atoms with Crippen molar-refractivity contribution in [1.29, 1.82) is 0 Å². The van der Waals surface area contributed by atoms with Crippen LogP contribution in [0.5, 0.6) is 0 Å². The highest BCUT2D eigenvalue weighted by Gasteiger charge is 2.51. The van der Waals surface area contributed by atoms with Gasteiger partial charge in [0.25, 0.3) is 0 Å². The first-order valence-electron chi connectivity index (χ1n) is 38.0. The van der Waals surface area contributed by atoms with Crippen molar-refractivity contribution in [2.24, 2.45) is 0 Å². The number of allylic oxidation sites excluding steroid dienone is 10. The van der Waals surface area contributed by atoms with E-state index >= 15 is 0 Å². The Kier molecular flexibility index (Phi) is 57.1. The third kappa shape index (κ3) is 44.9. The molecule has 532 valence electrons. The van der Waals surface area contributed by atoms with Gasteiger partial charge in [-0.05, 0) is 57.8 Å². The van der Waals surface area contributed by atoms with Gasteiger partial charge < -0.3 is 65.1 Å². The predicted molar refractivity (Wildman–Crippen MR) is 374 cm³/mol. The van der Waals surface area contributed by atoms with E-state index in [1.54, 1.807) is 0 Å². The molecule has 2 heterocycles. The Morgan fingerprint density at radius 3 is 1.16 bits per heavy atom. The van der Waals surface area contributed by atoms with Crippen LogP contribution in [0, 0.1) is 0 Å². The lowest BCUT2D eigenvalue weighted by Crippen LogP contribution is -2.65. The van der Waals surface area contributed by atoms with Crippen LogP contribution in [0.25, 0.3) is 0 Å². The van der Waals surface area contributed by atoms with Gasteiger partial charge in [-0.15, -0.1) is 0 Å². The zero-order valence-electron chi connectivity index (χ0n) is 58.1. The Hall–Kier alpha value is -2.31. The van der Waals surface area contributed by atoms with E-state index in [1.165, 1.54) is 218 Å². The molecule has 2 aliphatic rings. The lowest BCUT2D eigenvalue weighted by atomic mass is 9.97. The van der Waals surface area contributed by atoms with Gasteiger partial charge >= 0.3 is 0 Å². The summed E-state index contributed by atoms with van der Waals surface area (Å²) in [4.78, 5) is 13.4. The maximum absolute atomic E-state index is 13.4. The molecule has 2 aliphatic heterocycles. The van der Waals surface area contributed by atoms with Gasteiger partial charge in [-0.3, -0.25) is 4.79 Å². The highest BCUT2D eigenvalue weighted by atomic mass is 16.7. The molecule has 0 aliphatic carbocycles. The van der Waals surface area contributed by atoms with Gasteiger partial charge in [0.15, 0.2) is 12.6 Å². The third-order valence-corrected chi connectivity index (χ3v) is 18.5. The van der Waals surface area contributed by atoms with E-state index in [1.807, 2.05) is 0 Å². The number of carbonyl (C=O) groups excluding carboxylic acids is 1. The van der Waals surface area contributed by atoms with Crippen LogP contribution in [0.4, 0.5) is 0 Å². The van der Waals surface area contributed by atoms with Crippen LogP contribution < -0.4 is 5.32 Å². The van der Waals surface area contributed by atoms with Crippen molar-refractivity contribution in [2.45, 2.75) is 402 Å². The fraction of sp³-hybridized carbons (Fsp3) is 0.857. The van der Waals surface area contributed by atoms with Crippen LogP contribution >= 0.6 is 0 Å². The van der Waals surface area contributed by atoms with Crippen LogP contribution in [0.1, 0.15) is 328 Å². The molecular weight excluding hydrogens is 1150 g/mol. The highest BCUT2D eigenvalue weighted by molar-refractivity contribution is 5.76. The van der Waals surface area contributed by atoms with E-state index in [0.29, 0.717) is 12.8 Å². The first-order chi connectivity index (χ1) is 44.6. The number of amides is 1. The maximum atomic E-state index is 13.4. The summed E-state index contributed by atoms with van der Waals surface area (Å²) < 4.78 is 23.0. The lowest BCUT2D eigenvalue weighted by molar-refractivity contribution is -0.359. The molecule has 2 rings (SSSR count). The standard InChI is InChI=1S/C77H141NO13/c1-3-5-7-9-11-13-15-17-19-21-23-25-27-29-31-33-35-37-39-41-43-45-47-49-51-53-55-57-59-61-69(82)78-65(64-88-76-74(87)72(85)75(68(63-80)90-76)91-77-73(86)71(84)70(83)67(62-79)89-77)66(81)60-58-56-54-52-50-48-46-44-42-40-38-36-34-32-30-28-26-24-22-20-18-16-14-12-10-8-6-4-2/h5,7,11,13,17,19,23,25,29,31,65-68,70-77,79-81,83-87H,3-4,6,8-10,12,14-16,18,20-22,24,26-28,30,32-64H2,1-2H3,(H,78,82)/b7-5-,13-11-,19-17-,25-23-,31-29-. The van der Waals surface area contributed by atoms with Crippen LogP contribution in [0.2, 0.25) is 0 Å². The quantitative estimate of drug-likeness (QED) is 0.0204. The molecule has 2 fully saturated rings. The fourth-order valence-corrected chi connectivity index (χ4v) is 12.5. The molecule has 0 saturated carbocycles. The van der Waals surface area contributed by atoms with Crippen molar-refractivity contribution in [3.63, 3.8) is 0 Å². The monoisotopic (exact) mass is 1290 g/mol. The number of hydrogen-bond acceptors (Lipinski definition) is 13. The molecule has 0 bridgehead atoms. The van der Waals surface area contributed by atoms with E-state index < -0.39 is 86.8 Å². The molecule has 9 N–H and O–H groups in total. The average molecular weight is 1290 g/mol. The number of aliphatic hydroxyl groups is 8. The molecular formula is C77H141NO13. The van der Waals surface area contributed by atoms with Crippen LogP contribution in [-0.2, 0) is 23.7 Å². The fourth-order valence-electron chi connectivity index (χ4n) is 12.5. The molecule has 0 spiro atoms. The zero-order chi connectivity index (χ0) is 65.9. The largest absolute Gasteiger partial charge is 0.394 e. The van der Waals surface area contributed by atoms with Gasteiger partial charge in [-0.25, -0.2) is 0 Å². The summed E-state index contributed by atoms with van der Waals surface area (Å²) in [5, 5.41) is 87.8. The summed E-state index contributed by atoms with van der Waals surface area (Å²) in [6.45, 7) is 2.80. The second kappa shape index (κ2) is 61.3. The van der Waals surface area contributed by atoms with Gasteiger partial charge in [-0.2, -0.15) is 0 Å². The molecule has 12 atom stereocenters. The van der Waals surface area contributed by atoms with E-state index in [0.717, 1.165) is 83.5 Å². The molecule has 1 amide bonds. The topological polar surface area (TPSA) is 228 Å². The summed E-state index contributed by atoms with van der Waals surface area (Å²) in [7, 11) is 0. The number of rotatable bonds is 63. The lowest BCUT2D eigenvalue weighted by Gasteiger charge is -2.46. The second-order valence-corrected chi connectivity index (χ2v) is 26.8. The molecule has 14 heteroatoms. The Morgan fingerprint density at radius 2 is 0.758 bits per heavy atom. The van der Waals surface area contributed by atoms with Crippen molar-refractivity contribution in [3.8, 4) is 0 Å². The van der Waals surface area contributed by atoms with E-state index in [-0.39, 0.29) is 12.5 Å². The second-order valence-electron chi connectivity index (χ2n) is 26.8. The Labute approximate surface area is 556 Å². The van der Waals surface area contributed by atoms with Gasteiger partial charge in [0.1, 0.15) is 48.8 Å². The maximum Gasteiger partial charge on any atom is 0.220 e. The molecule has 14 nitrogen and oxygen atoms in total. The van der Waals surface area contributed by atoms with Crippen molar-refractivity contribution < 1.29 is 64.6 Å². The van der Waals surface area contributed by atoms with Gasteiger partial charge in [0.05, 0.1) is 32.0 Å². The van der Waals surface area contributed by atoms with E-state index in [9.17, 15) is 45.6 Å². The number of unbranched alkanes of at least 4 members (excludes halogenated alkanes) is 40. The first-order valence-corrected chi connectivity index (χ1v) is 38.0. The molecule has 0 aromatic carbocycles. The van der Waals surface area contributed by atoms with Crippen molar-refractivity contribution >= 4 is 5.91 Å². The van der Waals surface area contributed by atoms with E-state index in [2.05, 4.69) is 79.9 Å². The number of ether oxygens (including phenoxy) is 4. The number of aliphatic hydroxyl groups excluding tert-OH is 8. The van der Waals surface area contributed by atoms with E-state index in [4.69, 9.17) is 18.9 Å². The minimum atomic E-state index is -1.78. The summed E-state index contributed by atoms with van der Waals surface area (Å²) >= 11 is 0. The Morgan fingerprint density at radius 1 is 0.407 bits per heavy atom. The van der Waals surface area contributed by atoms with Crippen LogP contribution in [0.3, 0.4) is 0 Å². The molecule has 2 saturated heterocycles. The minimum absolute atomic E-state index is 0.205. The summed E-state index contributed by atoms with van der Waals surface area (Å²) in [6.07, 6.45) is 65.3. The molecule has 12 unspecified atom stereocenters. The SMILES string of the molecule is CC/C=C\C/C=C\C/C=C\C/C=C\C/C=C\CCCCCCCCCCCCCCCC(=O)NC(COC1OC(CO)C(OC2OC(CO)C(O)C(O)C2O)C(O)C1O)C(O)CCCCCCCCCCCCCCCCCCCCCCCCCCCCCC. The van der Waals surface area contributed by atoms with Crippen molar-refractivity contribution in [3.05, 3.63) is 60.8 Å². The first kappa shape index (κ1) is 84.8. The Balaban J connectivity index is 1.64. The smallest absolute Gasteiger partial charge is 0.220 e. The van der Waals surface area contributed by atoms with Gasteiger partial charge in [0.2, 0.25) is 5.91 Å². The summed E-state index contributed by atoms with van der Waals surface area (Å²) in [5.41, 5.74) is 0. The summed E-state index contributed by atoms with van der Waals surface area (Å²) in [6, 6.07) is -0.834. The number of hydrogen-bond donors (Lipinski definition) is 9. The van der Waals surface area contributed by atoms with Gasteiger partial charge in [0, 0.05) is 6.42 Å². The predicted octanol–water partition coefficient (Wildman–Crippen LogP) is 16.4. The summed E-state index contributed by atoms with van der Waals surface area (Å²) in [5.74, 6) is -0.205. The third-order valence-electron chi connectivity index (χ3n) is 18.5. The number of nitrogens with one attached hydrogen (secondary N) is 1. The normalized spacial score (nSPS) is 23.1. The Bertz CT molecular complexity index is 1760. The van der Waals surface area contributed by atoms with Crippen LogP contribution in [-0.4, -0.2) is 140 Å². The van der Waals surface area contributed by atoms with Crippen LogP contribution in [0.15, 0.2) is 60.8 Å². The molecule has 0 radical (unpaired) electrons. The zero-order valence-corrected chi connectivity index (χ0v) is 58.1.